The van der Waals surface area contributed by atoms with Gasteiger partial charge in [-0.1, -0.05) is 12.1 Å². The van der Waals surface area contributed by atoms with Crippen LogP contribution in [0.1, 0.15) is 6.92 Å². The van der Waals surface area contributed by atoms with Crippen molar-refractivity contribution in [3.05, 3.63) is 53.9 Å². The van der Waals surface area contributed by atoms with Gasteiger partial charge in [-0.05, 0) is 43.3 Å². The van der Waals surface area contributed by atoms with Gasteiger partial charge in [-0.2, -0.15) is 0 Å². The van der Waals surface area contributed by atoms with Crippen LogP contribution in [0, 0.1) is 0 Å². The molecular weight excluding hydrogens is 366 g/mol. The summed E-state index contributed by atoms with van der Waals surface area (Å²) in [4.78, 5) is 17.9. The zero-order chi connectivity index (χ0) is 18.5. The number of aromatic nitrogens is 1. The molecule has 3 N–H and O–H groups in total. The minimum Gasteiger partial charge on any atom is -0.497 e. The SMILES string of the molecule is COc1cccc(-c2csc(NC(=O)C(C)Sc3ccc(N)cc3)n2)c1. The summed E-state index contributed by atoms with van der Waals surface area (Å²) in [5.41, 5.74) is 8.15. The third kappa shape index (κ3) is 4.56. The van der Waals surface area contributed by atoms with Gasteiger partial charge in [0.15, 0.2) is 5.13 Å². The van der Waals surface area contributed by atoms with E-state index in [0.29, 0.717) is 10.8 Å². The number of nitrogens with one attached hydrogen (secondary N) is 1. The highest BCUT2D eigenvalue weighted by Crippen LogP contribution is 2.29. The van der Waals surface area contributed by atoms with Crippen molar-refractivity contribution in [1.82, 2.24) is 4.98 Å². The molecule has 0 spiro atoms. The van der Waals surface area contributed by atoms with Gasteiger partial charge in [0.1, 0.15) is 5.75 Å². The Bertz CT molecular complexity index is 894. The fourth-order valence-electron chi connectivity index (χ4n) is 2.26. The van der Waals surface area contributed by atoms with Crippen molar-refractivity contribution in [2.24, 2.45) is 0 Å². The number of thiazole rings is 1. The smallest absolute Gasteiger partial charge is 0.239 e. The Hall–Kier alpha value is -2.51. The molecule has 1 amide bonds. The summed E-state index contributed by atoms with van der Waals surface area (Å²) in [6.07, 6.45) is 0. The molecule has 2 aromatic carbocycles. The van der Waals surface area contributed by atoms with Gasteiger partial charge in [-0.3, -0.25) is 4.79 Å². The molecule has 0 radical (unpaired) electrons. The number of hydrogen-bond acceptors (Lipinski definition) is 6. The first-order valence-corrected chi connectivity index (χ1v) is 9.74. The number of benzene rings is 2. The Morgan fingerprint density at radius 2 is 2.04 bits per heavy atom. The molecule has 1 atom stereocenters. The van der Waals surface area contributed by atoms with Crippen molar-refractivity contribution >= 4 is 39.8 Å². The summed E-state index contributed by atoms with van der Waals surface area (Å²) >= 11 is 2.88. The van der Waals surface area contributed by atoms with Crippen LogP contribution in [-0.4, -0.2) is 23.3 Å². The van der Waals surface area contributed by atoms with Crippen LogP contribution in [0.2, 0.25) is 0 Å². The summed E-state index contributed by atoms with van der Waals surface area (Å²) in [7, 11) is 1.63. The molecule has 0 bridgehead atoms. The van der Waals surface area contributed by atoms with Crippen molar-refractivity contribution < 1.29 is 9.53 Å². The van der Waals surface area contributed by atoms with Crippen LogP contribution in [0.3, 0.4) is 0 Å². The van der Waals surface area contributed by atoms with Crippen molar-refractivity contribution in [3.63, 3.8) is 0 Å². The Morgan fingerprint density at radius 1 is 1.27 bits per heavy atom. The van der Waals surface area contributed by atoms with Gasteiger partial charge in [0.2, 0.25) is 5.91 Å². The van der Waals surface area contributed by atoms with Crippen molar-refractivity contribution in [1.29, 1.82) is 0 Å². The van der Waals surface area contributed by atoms with E-state index in [1.54, 1.807) is 7.11 Å². The standard InChI is InChI=1S/C19H19N3O2S2/c1-12(26-16-8-6-14(20)7-9-16)18(23)22-19-21-17(11-25-19)13-4-3-5-15(10-13)24-2/h3-12H,20H2,1-2H3,(H,21,22,23). The van der Waals surface area contributed by atoms with E-state index in [2.05, 4.69) is 10.3 Å². The zero-order valence-corrected chi connectivity index (χ0v) is 16.1. The quantitative estimate of drug-likeness (QED) is 0.482. The van der Waals surface area contributed by atoms with Crippen molar-refractivity contribution in [2.45, 2.75) is 17.1 Å². The molecule has 0 aliphatic rings. The van der Waals surface area contributed by atoms with E-state index in [0.717, 1.165) is 21.9 Å². The average Bonchev–Trinajstić information content (AvgIpc) is 3.12. The predicted octanol–water partition coefficient (Wildman–Crippen LogP) is 4.52. The van der Waals surface area contributed by atoms with E-state index in [4.69, 9.17) is 10.5 Å². The minimum atomic E-state index is -0.247. The van der Waals surface area contributed by atoms with Crippen LogP contribution in [-0.2, 0) is 4.79 Å². The Labute approximate surface area is 160 Å². The van der Waals surface area contributed by atoms with Gasteiger partial charge in [0.25, 0.3) is 0 Å². The van der Waals surface area contributed by atoms with E-state index in [1.165, 1.54) is 23.1 Å². The number of carbonyl (C=O) groups is 1. The van der Waals surface area contributed by atoms with Crippen LogP contribution in [0.15, 0.2) is 58.8 Å². The van der Waals surface area contributed by atoms with Gasteiger partial charge in [0, 0.05) is 21.5 Å². The third-order valence-corrected chi connectivity index (χ3v) is 5.53. The monoisotopic (exact) mass is 385 g/mol. The van der Waals surface area contributed by atoms with Crippen LogP contribution in [0.25, 0.3) is 11.3 Å². The summed E-state index contributed by atoms with van der Waals surface area (Å²) in [6.45, 7) is 1.87. The number of nitrogen functional groups attached to an aromatic ring is 1. The fraction of sp³-hybridized carbons (Fsp3) is 0.158. The first-order chi connectivity index (χ1) is 12.5. The average molecular weight is 386 g/mol. The van der Waals surface area contributed by atoms with E-state index < -0.39 is 0 Å². The molecule has 3 aromatic rings. The number of amides is 1. The second kappa shape index (κ2) is 8.25. The van der Waals surface area contributed by atoms with Gasteiger partial charge < -0.3 is 15.8 Å². The lowest BCUT2D eigenvalue weighted by molar-refractivity contribution is -0.115. The van der Waals surface area contributed by atoms with Gasteiger partial charge in [0.05, 0.1) is 18.1 Å². The molecule has 1 unspecified atom stereocenters. The maximum absolute atomic E-state index is 12.4. The van der Waals surface area contributed by atoms with Gasteiger partial charge >= 0.3 is 0 Å². The van der Waals surface area contributed by atoms with Crippen LogP contribution in [0.5, 0.6) is 5.75 Å². The van der Waals surface area contributed by atoms with Crippen LogP contribution in [0.4, 0.5) is 10.8 Å². The van der Waals surface area contributed by atoms with Crippen LogP contribution < -0.4 is 15.8 Å². The number of anilines is 2. The Morgan fingerprint density at radius 3 is 2.77 bits per heavy atom. The van der Waals surface area contributed by atoms with E-state index in [-0.39, 0.29) is 11.2 Å². The topological polar surface area (TPSA) is 77.2 Å². The maximum Gasteiger partial charge on any atom is 0.239 e. The Balaban J connectivity index is 1.64. The lowest BCUT2D eigenvalue weighted by atomic mass is 10.2. The number of ether oxygens (including phenoxy) is 1. The summed E-state index contributed by atoms with van der Waals surface area (Å²) in [5.74, 6) is 0.688. The molecule has 134 valence electrons. The summed E-state index contributed by atoms with van der Waals surface area (Å²) in [6, 6.07) is 15.2. The second-order valence-electron chi connectivity index (χ2n) is 5.59. The van der Waals surface area contributed by atoms with Gasteiger partial charge in [-0.25, -0.2) is 4.98 Å². The molecule has 0 fully saturated rings. The third-order valence-electron chi connectivity index (χ3n) is 3.66. The molecule has 5 nitrogen and oxygen atoms in total. The minimum absolute atomic E-state index is 0.0848. The fourth-order valence-corrected chi connectivity index (χ4v) is 3.85. The van der Waals surface area contributed by atoms with Gasteiger partial charge in [-0.15, -0.1) is 23.1 Å². The molecule has 0 aliphatic heterocycles. The molecule has 1 aromatic heterocycles. The predicted molar refractivity (Wildman–Crippen MR) is 109 cm³/mol. The molecule has 0 saturated heterocycles. The normalized spacial score (nSPS) is 11.8. The summed E-state index contributed by atoms with van der Waals surface area (Å²) < 4.78 is 5.24. The molecule has 3 rings (SSSR count). The summed E-state index contributed by atoms with van der Waals surface area (Å²) in [5, 5.41) is 5.14. The van der Waals surface area contributed by atoms with E-state index in [9.17, 15) is 4.79 Å². The molecular formula is C19H19N3O2S2. The molecule has 0 aliphatic carbocycles. The number of hydrogen-bond donors (Lipinski definition) is 2. The highest BCUT2D eigenvalue weighted by molar-refractivity contribution is 8.00. The van der Waals surface area contributed by atoms with Crippen molar-refractivity contribution in [2.75, 3.05) is 18.2 Å². The number of nitrogens with zero attached hydrogens (tertiary/aromatic N) is 1. The largest absolute Gasteiger partial charge is 0.497 e. The number of methoxy groups -OCH3 is 1. The highest BCUT2D eigenvalue weighted by atomic mass is 32.2. The van der Waals surface area contributed by atoms with E-state index >= 15 is 0 Å². The number of thioether (sulfide) groups is 1. The number of carbonyl (C=O) groups excluding carboxylic acids is 1. The molecule has 1 heterocycles. The lowest BCUT2D eigenvalue weighted by Gasteiger charge is -2.10. The number of nitrogens with two attached hydrogens (primary N) is 1. The highest BCUT2D eigenvalue weighted by Gasteiger charge is 2.16. The van der Waals surface area contributed by atoms with E-state index in [1.807, 2.05) is 60.8 Å². The molecule has 7 heteroatoms. The molecule has 26 heavy (non-hydrogen) atoms. The first kappa shape index (κ1) is 18.3. The lowest BCUT2D eigenvalue weighted by Crippen LogP contribution is -2.22. The first-order valence-electron chi connectivity index (χ1n) is 7.98. The van der Waals surface area contributed by atoms with Crippen molar-refractivity contribution in [3.8, 4) is 17.0 Å². The Kier molecular flexibility index (Phi) is 5.80. The second-order valence-corrected chi connectivity index (χ2v) is 7.86. The number of rotatable bonds is 6. The molecule has 0 saturated carbocycles. The zero-order valence-electron chi connectivity index (χ0n) is 14.4. The van der Waals surface area contributed by atoms with Crippen LogP contribution >= 0.6 is 23.1 Å². The maximum atomic E-state index is 12.4.